The van der Waals surface area contributed by atoms with Gasteiger partial charge in [-0.3, -0.25) is 0 Å². The van der Waals surface area contributed by atoms with Gasteiger partial charge >= 0.3 is 0 Å². The van der Waals surface area contributed by atoms with Crippen molar-refractivity contribution in [3.05, 3.63) is 63.9 Å². The number of ether oxygens (including phenoxy) is 1. The van der Waals surface area contributed by atoms with Crippen molar-refractivity contribution in [3.8, 4) is 5.75 Å². The SMILES string of the molecule is COc1ccc(Br)cc1CC(CO)Cc1ccc(F)cc1. The summed E-state index contributed by atoms with van der Waals surface area (Å²) in [5.41, 5.74) is 2.07. The van der Waals surface area contributed by atoms with Crippen molar-refractivity contribution in [1.82, 2.24) is 0 Å². The molecular weight excluding hydrogens is 335 g/mol. The van der Waals surface area contributed by atoms with E-state index in [-0.39, 0.29) is 18.3 Å². The molecule has 0 aliphatic rings. The van der Waals surface area contributed by atoms with E-state index < -0.39 is 0 Å². The van der Waals surface area contributed by atoms with Crippen LogP contribution in [0.25, 0.3) is 0 Å². The Morgan fingerprint density at radius 1 is 1.14 bits per heavy atom. The van der Waals surface area contributed by atoms with Crippen molar-refractivity contribution in [2.75, 3.05) is 13.7 Å². The standard InChI is InChI=1S/C17H18BrFO2/c1-21-17-7-4-15(18)10-14(17)9-13(11-20)8-12-2-5-16(19)6-3-12/h2-7,10,13,20H,8-9,11H2,1H3. The molecule has 0 amide bonds. The fourth-order valence-electron chi connectivity index (χ4n) is 2.37. The predicted molar refractivity (Wildman–Crippen MR) is 85.1 cm³/mol. The lowest BCUT2D eigenvalue weighted by atomic mass is 9.93. The first-order valence-electron chi connectivity index (χ1n) is 6.80. The highest BCUT2D eigenvalue weighted by Crippen LogP contribution is 2.26. The van der Waals surface area contributed by atoms with Gasteiger partial charge in [-0.05, 0) is 60.2 Å². The number of rotatable bonds is 6. The largest absolute Gasteiger partial charge is 0.496 e. The lowest BCUT2D eigenvalue weighted by Gasteiger charge is -2.16. The molecule has 112 valence electrons. The molecule has 2 aromatic carbocycles. The zero-order valence-electron chi connectivity index (χ0n) is 11.9. The summed E-state index contributed by atoms with van der Waals surface area (Å²) in [7, 11) is 1.64. The molecule has 0 fully saturated rings. The van der Waals surface area contributed by atoms with Crippen LogP contribution >= 0.6 is 15.9 Å². The molecular formula is C17H18BrFO2. The molecule has 0 aliphatic carbocycles. The molecule has 0 bridgehead atoms. The average molecular weight is 353 g/mol. The normalized spacial score (nSPS) is 12.2. The molecule has 0 radical (unpaired) electrons. The number of benzene rings is 2. The Labute approximate surface area is 132 Å². The second kappa shape index (κ2) is 7.57. The summed E-state index contributed by atoms with van der Waals surface area (Å²) in [5.74, 6) is 0.641. The van der Waals surface area contributed by atoms with E-state index in [1.807, 2.05) is 18.2 Å². The molecule has 0 saturated carbocycles. The second-order valence-electron chi connectivity index (χ2n) is 5.04. The minimum atomic E-state index is -0.243. The zero-order chi connectivity index (χ0) is 15.2. The molecule has 0 aliphatic heterocycles. The maximum atomic E-state index is 12.9. The molecule has 1 N–H and O–H groups in total. The van der Waals surface area contributed by atoms with Crippen molar-refractivity contribution < 1.29 is 14.2 Å². The number of aliphatic hydroxyl groups is 1. The van der Waals surface area contributed by atoms with Gasteiger partial charge in [-0.15, -0.1) is 0 Å². The van der Waals surface area contributed by atoms with Gasteiger partial charge in [0, 0.05) is 11.1 Å². The molecule has 0 saturated heterocycles. The number of aliphatic hydroxyl groups excluding tert-OH is 1. The van der Waals surface area contributed by atoms with Crippen LogP contribution in [0.15, 0.2) is 46.9 Å². The maximum Gasteiger partial charge on any atom is 0.123 e. The van der Waals surface area contributed by atoms with Gasteiger partial charge in [0.1, 0.15) is 11.6 Å². The Kier molecular flexibility index (Phi) is 5.76. The summed E-state index contributed by atoms with van der Waals surface area (Å²) in [5, 5.41) is 9.61. The smallest absolute Gasteiger partial charge is 0.123 e. The Morgan fingerprint density at radius 3 is 2.48 bits per heavy atom. The fraction of sp³-hybridized carbons (Fsp3) is 0.294. The molecule has 2 rings (SSSR count). The van der Waals surface area contributed by atoms with E-state index in [9.17, 15) is 9.50 Å². The highest BCUT2D eigenvalue weighted by Gasteiger charge is 2.13. The minimum Gasteiger partial charge on any atom is -0.496 e. The van der Waals surface area contributed by atoms with Gasteiger partial charge in [0.2, 0.25) is 0 Å². The Bertz CT molecular complexity index is 584. The first-order valence-corrected chi connectivity index (χ1v) is 7.59. The van der Waals surface area contributed by atoms with Gasteiger partial charge in [-0.1, -0.05) is 28.1 Å². The summed E-state index contributed by atoms with van der Waals surface area (Å²) in [6, 6.07) is 12.3. The highest BCUT2D eigenvalue weighted by atomic mass is 79.9. The van der Waals surface area contributed by atoms with Gasteiger partial charge < -0.3 is 9.84 Å². The van der Waals surface area contributed by atoms with Crippen LogP contribution in [0.1, 0.15) is 11.1 Å². The Morgan fingerprint density at radius 2 is 1.86 bits per heavy atom. The van der Waals surface area contributed by atoms with Crippen LogP contribution in [-0.2, 0) is 12.8 Å². The van der Waals surface area contributed by atoms with Gasteiger partial charge in [0.15, 0.2) is 0 Å². The van der Waals surface area contributed by atoms with Gasteiger partial charge in [0.05, 0.1) is 7.11 Å². The maximum absolute atomic E-state index is 12.9. The van der Waals surface area contributed by atoms with Crippen molar-refractivity contribution in [3.63, 3.8) is 0 Å². The monoisotopic (exact) mass is 352 g/mol. The summed E-state index contributed by atoms with van der Waals surface area (Å²) in [6.07, 6.45) is 1.41. The zero-order valence-corrected chi connectivity index (χ0v) is 13.4. The van der Waals surface area contributed by atoms with Gasteiger partial charge in [-0.25, -0.2) is 4.39 Å². The molecule has 2 nitrogen and oxygen atoms in total. The summed E-state index contributed by atoms with van der Waals surface area (Å²) in [6.45, 7) is 0.0764. The van der Waals surface area contributed by atoms with Crippen LogP contribution in [0.4, 0.5) is 4.39 Å². The van der Waals surface area contributed by atoms with Crippen molar-refractivity contribution in [1.29, 1.82) is 0 Å². The van der Waals surface area contributed by atoms with Crippen LogP contribution in [0.2, 0.25) is 0 Å². The van der Waals surface area contributed by atoms with E-state index in [4.69, 9.17) is 4.74 Å². The average Bonchev–Trinajstić information content (AvgIpc) is 2.49. The molecule has 1 atom stereocenters. The fourth-order valence-corrected chi connectivity index (χ4v) is 2.78. The topological polar surface area (TPSA) is 29.5 Å². The quantitative estimate of drug-likeness (QED) is 0.851. The summed E-state index contributed by atoms with van der Waals surface area (Å²) < 4.78 is 19.3. The molecule has 21 heavy (non-hydrogen) atoms. The van der Waals surface area contributed by atoms with Gasteiger partial charge in [-0.2, -0.15) is 0 Å². The Balaban J connectivity index is 2.11. The van der Waals surface area contributed by atoms with E-state index in [0.29, 0.717) is 12.8 Å². The number of halogens is 2. The number of methoxy groups -OCH3 is 1. The molecule has 4 heteroatoms. The van der Waals surface area contributed by atoms with Crippen molar-refractivity contribution in [2.45, 2.75) is 12.8 Å². The third kappa shape index (κ3) is 4.55. The van der Waals surface area contributed by atoms with E-state index in [1.54, 1.807) is 19.2 Å². The Hall–Kier alpha value is -1.39. The van der Waals surface area contributed by atoms with Crippen LogP contribution in [0, 0.1) is 11.7 Å². The lowest BCUT2D eigenvalue weighted by Crippen LogP contribution is -2.13. The number of hydrogen-bond acceptors (Lipinski definition) is 2. The van der Waals surface area contributed by atoms with Crippen LogP contribution in [0.5, 0.6) is 5.75 Å². The minimum absolute atomic E-state index is 0.0682. The van der Waals surface area contributed by atoms with Crippen LogP contribution in [-0.4, -0.2) is 18.8 Å². The predicted octanol–water partition coefficient (Wildman–Crippen LogP) is 3.99. The lowest BCUT2D eigenvalue weighted by molar-refractivity contribution is 0.224. The van der Waals surface area contributed by atoms with E-state index in [1.165, 1.54) is 12.1 Å². The molecule has 2 aromatic rings. The number of hydrogen-bond donors (Lipinski definition) is 1. The van der Waals surface area contributed by atoms with Gasteiger partial charge in [0.25, 0.3) is 0 Å². The summed E-state index contributed by atoms with van der Waals surface area (Å²) in [4.78, 5) is 0. The van der Waals surface area contributed by atoms with Crippen molar-refractivity contribution >= 4 is 15.9 Å². The van der Waals surface area contributed by atoms with Crippen LogP contribution in [0.3, 0.4) is 0 Å². The third-order valence-electron chi connectivity index (χ3n) is 3.45. The molecule has 1 unspecified atom stereocenters. The molecule has 0 aromatic heterocycles. The first-order chi connectivity index (χ1) is 10.1. The summed E-state index contributed by atoms with van der Waals surface area (Å²) >= 11 is 3.45. The molecule has 0 spiro atoms. The van der Waals surface area contributed by atoms with Crippen molar-refractivity contribution in [2.24, 2.45) is 5.92 Å². The first kappa shape index (κ1) is 16.0. The molecule has 0 heterocycles. The second-order valence-corrected chi connectivity index (χ2v) is 5.96. The van der Waals surface area contributed by atoms with Crippen LogP contribution < -0.4 is 4.74 Å². The highest BCUT2D eigenvalue weighted by molar-refractivity contribution is 9.10. The third-order valence-corrected chi connectivity index (χ3v) is 3.94. The van der Waals surface area contributed by atoms with E-state index in [0.717, 1.165) is 21.3 Å². The van der Waals surface area contributed by atoms with E-state index >= 15 is 0 Å². The van der Waals surface area contributed by atoms with E-state index in [2.05, 4.69) is 15.9 Å².